The zero-order valence-corrected chi connectivity index (χ0v) is 60.8. The quantitative estimate of drug-likeness (QED) is 0.0208. The maximum atomic E-state index is 14.0. The number of hydrogen-bond donors (Lipinski definition) is 5. The molecule has 0 atom stereocenters. The van der Waals surface area contributed by atoms with Crippen LogP contribution in [0.2, 0.25) is 0 Å². The summed E-state index contributed by atoms with van der Waals surface area (Å²) in [6.07, 6.45) is 6.57. The summed E-state index contributed by atoms with van der Waals surface area (Å²) in [5.74, 6) is -2.18. The highest BCUT2D eigenvalue weighted by Crippen LogP contribution is 2.34. The van der Waals surface area contributed by atoms with Gasteiger partial charge in [-0.3, -0.25) is 58.0 Å². The minimum absolute atomic E-state index is 0.0420. The monoisotopic (exact) mass is 1470 g/mol. The third-order valence-electron chi connectivity index (χ3n) is 16.6. The summed E-state index contributed by atoms with van der Waals surface area (Å²) in [5.41, 5.74) is 15.7. The predicted molar refractivity (Wildman–Crippen MR) is 386 cm³/mol. The number of amides is 7. The lowest BCUT2D eigenvalue weighted by atomic mass is 10.1. The number of fused-ring (bicyclic) bond motifs is 2. The van der Waals surface area contributed by atoms with Crippen LogP contribution in [0.25, 0.3) is 21.9 Å². The number of imide groups is 1. The van der Waals surface area contributed by atoms with E-state index in [1.165, 1.54) is 0 Å². The number of ether oxygens (including phenoxy) is 12. The molecular formula is C71H101N15O19. The number of primary amides is 2. The summed E-state index contributed by atoms with van der Waals surface area (Å²) in [6.45, 7) is 22.6. The molecule has 105 heavy (non-hydrogen) atoms. The Morgan fingerprint density at radius 3 is 1.48 bits per heavy atom. The van der Waals surface area contributed by atoms with Crippen LogP contribution in [-0.4, -0.2) is 287 Å². The van der Waals surface area contributed by atoms with Gasteiger partial charge in [0, 0.05) is 101 Å². The predicted octanol–water partition coefficient (Wildman–Crippen LogP) is 2.51. The Labute approximate surface area is 609 Å². The molecule has 6 aromatic rings. The normalized spacial score (nSPS) is 13.6. The van der Waals surface area contributed by atoms with Crippen molar-refractivity contribution in [1.82, 2.24) is 53.7 Å². The van der Waals surface area contributed by atoms with Gasteiger partial charge in [-0.1, -0.05) is 6.08 Å². The fourth-order valence-electron chi connectivity index (χ4n) is 11.3. The minimum atomic E-state index is -0.669. The van der Waals surface area contributed by atoms with Crippen LogP contribution in [0.1, 0.15) is 73.3 Å². The van der Waals surface area contributed by atoms with Crippen LogP contribution >= 0.6 is 0 Å². The van der Waals surface area contributed by atoms with Crippen molar-refractivity contribution in [2.45, 2.75) is 53.8 Å². The zero-order valence-electron chi connectivity index (χ0n) is 60.8. The SMILES string of the molecule is CCn1nc(C)cc1C(=O)Nc1cc2cc(C(N)=O)cc(OC/C=C/Cn3c(NC(=O)c4cc(C)nn4CC)nc4cc(C(N)=O)cc(OCCCN5CCN(CCOCCOCCOCCOCCOCCOCCOCCOCCOCCOCCNC(=O)CN6C(=O)C=CC6=O)CC5)c43)c2n1C. The van der Waals surface area contributed by atoms with Crippen molar-refractivity contribution < 1.29 is 90.4 Å². The lowest BCUT2D eigenvalue weighted by molar-refractivity contribution is -0.141. The number of allylic oxidation sites excluding steroid dienone is 1. The number of nitrogens with zero attached hydrogens (tertiary/aromatic N) is 10. The molecule has 6 heterocycles. The molecule has 0 spiro atoms. The average molecular weight is 1470 g/mol. The number of aryl methyl sites for hydroxylation is 5. The number of hydrogen-bond acceptors (Lipinski definition) is 24. The Morgan fingerprint density at radius 1 is 0.524 bits per heavy atom. The van der Waals surface area contributed by atoms with Crippen LogP contribution in [0, 0.1) is 13.8 Å². The summed E-state index contributed by atoms with van der Waals surface area (Å²) in [4.78, 5) is 98.1. The minimum Gasteiger partial charge on any atom is -0.491 e. The summed E-state index contributed by atoms with van der Waals surface area (Å²) in [7, 11) is 1.78. The van der Waals surface area contributed by atoms with E-state index >= 15 is 0 Å². The highest BCUT2D eigenvalue weighted by molar-refractivity contribution is 6.14. The second kappa shape index (κ2) is 44.0. The second-order valence-corrected chi connectivity index (χ2v) is 24.2. The molecule has 574 valence electrons. The molecule has 1 saturated heterocycles. The van der Waals surface area contributed by atoms with E-state index in [9.17, 15) is 33.6 Å². The second-order valence-electron chi connectivity index (χ2n) is 24.2. The fourth-order valence-corrected chi connectivity index (χ4v) is 11.3. The maximum Gasteiger partial charge on any atom is 0.276 e. The highest BCUT2D eigenvalue weighted by Gasteiger charge is 2.27. The largest absolute Gasteiger partial charge is 0.491 e. The van der Waals surface area contributed by atoms with Crippen molar-refractivity contribution in [1.29, 1.82) is 0 Å². The van der Waals surface area contributed by atoms with Gasteiger partial charge in [0.25, 0.3) is 23.6 Å². The number of imidazole rings is 1. The number of anilines is 2. The van der Waals surface area contributed by atoms with E-state index in [0.29, 0.717) is 214 Å². The Morgan fingerprint density at radius 2 is 0.981 bits per heavy atom. The summed E-state index contributed by atoms with van der Waals surface area (Å²) in [6, 6.07) is 11.5. The van der Waals surface area contributed by atoms with Crippen molar-refractivity contribution in [3.8, 4) is 11.5 Å². The Bertz CT molecular complexity index is 3840. The number of carbonyl (C=O) groups is 7. The fraction of sp³-hybridized carbons (Fsp3) is 0.549. The lowest BCUT2D eigenvalue weighted by Crippen LogP contribution is -2.47. The first-order valence-electron chi connectivity index (χ1n) is 35.4. The molecule has 0 saturated carbocycles. The first-order valence-corrected chi connectivity index (χ1v) is 35.4. The lowest BCUT2D eigenvalue weighted by Gasteiger charge is -2.34. The number of rotatable bonds is 53. The first kappa shape index (κ1) is 81.6. The molecule has 7 amide bonds. The van der Waals surface area contributed by atoms with Crippen molar-refractivity contribution in [3.63, 3.8) is 0 Å². The Hall–Kier alpha value is -9.04. The molecule has 1 fully saturated rings. The molecular weight excluding hydrogens is 1370 g/mol. The van der Waals surface area contributed by atoms with Crippen molar-refractivity contribution in [2.75, 3.05) is 208 Å². The smallest absolute Gasteiger partial charge is 0.276 e. The number of aromatic nitrogens is 7. The van der Waals surface area contributed by atoms with Gasteiger partial charge in [-0.2, -0.15) is 10.2 Å². The third-order valence-corrected chi connectivity index (χ3v) is 16.6. The molecule has 8 rings (SSSR count). The van der Waals surface area contributed by atoms with Crippen LogP contribution in [0.5, 0.6) is 11.5 Å². The topological polar surface area (TPSA) is 386 Å². The molecule has 2 aromatic carbocycles. The standard InChI is InChI=1S/C71H101N15O19/c1-6-85-57(43-51(3)78-85)69(92)76-61-49-53-45-54(67(72)90)47-59(65(53)80(61)5)104-21-9-8-15-83-66-56(75-71(83)77-70(93)58-44-52(4)79-86(58)7-2)46-55(68(73)91)48-60(66)105-22-10-14-81-16-18-82(19-17-81)20-24-95-26-28-97-30-32-99-34-36-101-38-40-103-42-41-102-39-37-100-35-33-98-31-29-96-27-25-94-23-13-74-62(87)50-84-63(88)11-12-64(84)89/h8-9,11-12,43-49H,6-7,10,13-42,50H2,1-5H3,(H2,72,90)(H2,73,91)(H,74,87)(H,76,92)(H,75,77,93)/b9-8+. The van der Waals surface area contributed by atoms with E-state index < -0.39 is 35.4 Å². The van der Waals surface area contributed by atoms with Crippen LogP contribution in [-0.2, 0) is 88.4 Å². The van der Waals surface area contributed by atoms with Gasteiger partial charge in [0.2, 0.25) is 23.7 Å². The molecule has 2 aliphatic heterocycles. The zero-order chi connectivity index (χ0) is 74.7. The van der Waals surface area contributed by atoms with Gasteiger partial charge in [-0.05, 0) is 82.7 Å². The Balaban J connectivity index is 0.649. The van der Waals surface area contributed by atoms with E-state index in [0.717, 1.165) is 56.3 Å². The molecule has 4 aromatic heterocycles. The average Bonchev–Trinajstić information content (AvgIpc) is 1.63. The molecule has 7 N–H and O–H groups in total. The van der Waals surface area contributed by atoms with Gasteiger partial charge in [0.15, 0.2) is 0 Å². The van der Waals surface area contributed by atoms with Crippen LogP contribution in [0.4, 0.5) is 11.8 Å². The van der Waals surface area contributed by atoms with Gasteiger partial charge in [-0.25, -0.2) is 4.98 Å². The molecule has 34 nitrogen and oxygen atoms in total. The van der Waals surface area contributed by atoms with Gasteiger partial charge >= 0.3 is 0 Å². The first-order chi connectivity index (χ1) is 51.0. The highest BCUT2D eigenvalue weighted by atomic mass is 16.6. The summed E-state index contributed by atoms with van der Waals surface area (Å²) in [5, 5.41) is 18.0. The molecule has 0 radical (unpaired) electrons. The number of nitrogens with one attached hydrogen (secondary N) is 3. The van der Waals surface area contributed by atoms with Crippen molar-refractivity contribution in [3.05, 3.63) is 101 Å². The number of piperazine rings is 1. The number of carbonyl (C=O) groups excluding carboxylic acids is 7. The van der Waals surface area contributed by atoms with E-state index in [-0.39, 0.29) is 55.8 Å². The molecule has 0 unspecified atom stereocenters. The Kier molecular flexibility index (Phi) is 34.2. The van der Waals surface area contributed by atoms with Gasteiger partial charge in [0.05, 0.1) is 161 Å². The van der Waals surface area contributed by atoms with Gasteiger partial charge in [-0.15, -0.1) is 0 Å². The number of benzene rings is 2. The molecule has 0 aliphatic carbocycles. The molecule has 0 bridgehead atoms. The van der Waals surface area contributed by atoms with Crippen LogP contribution in [0.3, 0.4) is 0 Å². The van der Waals surface area contributed by atoms with Crippen LogP contribution < -0.4 is 36.9 Å². The van der Waals surface area contributed by atoms with Crippen LogP contribution in [0.15, 0.2) is 66.8 Å². The van der Waals surface area contributed by atoms with E-state index in [4.69, 9.17) is 73.3 Å². The maximum absolute atomic E-state index is 14.0. The van der Waals surface area contributed by atoms with E-state index in [1.54, 1.807) is 74.1 Å². The molecule has 34 heteroatoms. The van der Waals surface area contributed by atoms with Crippen molar-refractivity contribution in [2.24, 2.45) is 18.5 Å². The van der Waals surface area contributed by atoms with Gasteiger partial charge < -0.3 is 93.0 Å². The molecule has 2 aliphatic rings. The van der Waals surface area contributed by atoms with Gasteiger partial charge in [0.1, 0.15) is 47.4 Å². The van der Waals surface area contributed by atoms with Crippen molar-refractivity contribution >= 4 is 75.1 Å². The third kappa shape index (κ3) is 26.2. The van der Waals surface area contributed by atoms with E-state index in [2.05, 4.69) is 35.9 Å². The summed E-state index contributed by atoms with van der Waals surface area (Å²) < 4.78 is 75.3. The number of nitrogens with two attached hydrogens (primary N) is 2. The summed E-state index contributed by atoms with van der Waals surface area (Å²) >= 11 is 0. The van der Waals surface area contributed by atoms with E-state index in [1.807, 2.05) is 33.8 Å².